The fourth-order valence-corrected chi connectivity index (χ4v) is 5.08. The lowest BCUT2D eigenvalue weighted by Crippen LogP contribution is -2.16. The van der Waals surface area contributed by atoms with Gasteiger partial charge in [-0.25, -0.2) is 0 Å². The Morgan fingerprint density at radius 3 is 2.35 bits per heavy atom. The van der Waals surface area contributed by atoms with Crippen LogP contribution in [0.2, 0.25) is 0 Å². The summed E-state index contributed by atoms with van der Waals surface area (Å²) in [5.74, 6) is 0.256. The summed E-state index contributed by atoms with van der Waals surface area (Å²) < 4.78 is 1.12. The number of hydrogen-bond donors (Lipinski definition) is 3. The van der Waals surface area contributed by atoms with Crippen LogP contribution in [0.3, 0.4) is 0 Å². The Hall–Kier alpha value is -3.33. The summed E-state index contributed by atoms with van der Waals surface area (Å²) in [7, 11) is 0. The molecule has 180 valence electrons. The van der Waals surface area contributed by atoms with E-state index in [4.69, 9.17) is 20.6 Å². The molecular formula is C25H31N5O3S. The monoisotopic (exact) mass is 481 g/mol. The van der Waals surface area contributed by atoms with Crippen LogP contribution < -0.4 is 5.73 Å². The molecule has 3 aromatic heterocycles. The number of Topliss-reactive ketones (excluding diaryl/α,β-unsaturated/α-hetero) is 1. The number of aliphatic carboxylic acids is 1. The Morgan fingerprint density at radius 2 is 1.71 bits per heavy atom. The number of fused-ring (bicyclic) bond motifs is 1. The number of nitrogen functional groups attached to an aromatic ring is 1. The highest BCUT2D eigenvalue weighted by atomic mass is 32.1. The van der Waals surface area contributed by atoms with Gasteiger partial charge < -0.3 is 10.8 Å². The number of aromatic nitrogens is 4. The number of pyridine rings is 1. The lowest BCUT2D eigenvalue weighted by atomic mass is 9.80. The van der Waals surface area contributed by atoms with Crippen molar-refractivity contribution >= 4 is 39.1 Å². The summed E-state index contributed by atoms with van der Waals surface area (Å²) in [6.45, 7) is 6.98. The second kappa shape index (κ2) is 11.2. The number of hydrogen-bond acceptors (Lipinski definition) is 7. The van der Waals surface area contributed by atoms with Crippen molar-refractivity contribution in [1.82, 2.24) is 20.2 Å². The molecular weight excluding hydrogens is 450 g/mol. The van der Waals surface area contributed by atoms with Crippen molar-refractivity contribution in [1.29, 1.82) is 0 Å². The largest absolute Gasteiger partial charge is 0.481 e. The second-order valence-electron chi connectivity index (χ2n) is 8.75. The third-order valence-corrected chi connectivity index (χ3v) is 6.82. The maximum atomic E-state index is 12.5. The van der Waals surface area contributed by atoms with E-state index in [-0.39, 0.29) is 17.5 Å². The first-order valence-corrected chi connectivity index (χ1v) is 12.1. The highest BCUT2D eigenvalue weighted by Gasteiger charge is 2.25. The number of anilines is 1. The molecule has 0 aromatic carbocycles. The number of H-pyrrole nitrogens is 1. The van der Waals surface area contributed by atoms with Crippen molar-refractivity contribution in [3.8, 4) is 11.1 Å². The molecule has 0 aliphatic heterocycles. The van der Waals surface area contributed by atoms with Crippen molar-refractivity contribution in [2.75, 3.05) is 5.73 Å². The number of carboxylic acid groups (broad SMARTS) is 1. The van der Waals surface area contributed by atoms with Crippen LogP contribution in [0, 0.1) is 12.8 Å². The first kappa shape index (κ1) is 25.3. The summed E-state index contributed by atoms with van der Waals surface area (Å²) in [5.41, 5.74) is 10.2. The van der Waals surface area contributed by atoms with Crippen molar-refractivity contribution in [2.45, 2.75) is 59.3 Å². The minimum absolute atomic E-state index is 0.0958. The number of nitrogens with one attached hydrogen (secondary N) is 1. The van der Waals surface area contributed by atoms with Crippen LogP contribution in [-0.4, -0.2) is 37.0 Å². The fraction of sp³-hybridized carbons (Fsp3) is 0.400. The zero-order chi connectivity index (χ0) is 24.8. The molecule has 8 nitrogen and oxygen atoms in total. The number of ketones is 1. The summed E-state index contributed by atoms with van der Waals surface area (Å²) in [6.07, 6.45) is 9.60. The van der Waals surface area contributed by atoms with Crippen molar-refractivity contribution in [2.24, 2.45) is 5.92 Å². The first-order chi connectivity index (χ1) is 16.2. The molecule has 1 aliphatic rings. The molecule has 4 N–H and O–H groups in total. The SMILES string of the molecule is CC(=O)O.CC(=O)c1c(C2CCC(C)CC2)ncc(-c2cnc3cc(C)sc3c2)cn[nH]c1N. The molecule has 1 aliphatic carbocycles. The second-order valence-corrected chi connectivity index (χ2v) is 10.0. The first-order valence-electron chi connectivity index (χ1n) is 11.3. The van der Waals surface area contributed by atoms with Crippen LogP contribution in [-0.2, 0) is 4.79 Å². The van der Waals surface area contributed by atoms with Gasteiger partial charge in [0, 0.05) is 41.2 Å². The van der Waals surface area contributed by atoms with Gasteiger partial charge in [0.05, 0.1) is 27.7 Å². The predicted molar refractivity (Wildman–Crippen MR) is 135 cm³/mol. The Kier molecular flexibility index (Phi) is 8.33. The van der Waals surface area contributed by atoms with Gasteiger partial charge in [-0.3, -0.25) is 24.7 Å². The van der Waals surface area contributed by atoms with Gasteiger partial charge in [0.25, 0.3) is 5.97 Å². The van der Waals surface area contributed by atoms with Crippen LogP contribution in [0.15, 0.2) is 30.7 Å². The number of carbonyl (C=O) groups excluding carboxylic acids is 1. The van der Waals surface area contributed by atoms with E-state index in [9.17, 15) is 4.79 Å². The molecule has 1 saturated carbocycles. The number of rotatable bonds is 3. The molecule has 0 atom stereocenters. The summed E-state index contributed by atoms with van der Waals surface area (Å²) in [5, 5.41) is 14.5. The molecule has 0 bridgehead atoms. The standard InChI is InChI=1S/C23H27N5OS.C2H4O2/c1-13-4-6-16(7-5-13)22-21(15(3)29)23(24)28-27-12-18(11-26-22)17-9-20-19(25-10-17)8-14(2)30-20;1-2(3)4/h8-13,16,28H,4-7,24H2,1-3H3;1H3,(H,3,4). The molecule has 0 radical (unpaired) electrons. The number of nitrogens with two attached hydrogens (primary N) is 1. The predicted octanol–water partition coefficient (Wildman–Crippen LogP) is 5.68. The quantitative estimate of drug-likeness (QED) is 0.409. The van der Waals surface area contributed by atoms with Crippen LogP contribution in [0.5, 0.6) is 0 Å². The van der Waals surface area contributed by atoms with Crippen LogP contribution in [0.1, 0.15) is 73.3 Å². The van der Waals surface area contributed by atoms with Gasteiger partial charge >= 0.3 is 0 Å². The van der Waals surface area contributed by atoms with Gasteiger partial charge in [-0.2, -0.15) is 5.10 Å². The van der Waals surface area contributed by atoms with Crippen LogP contribution in [0.25, 0.3) is 21.3 Å². The minimum Gasteiger partial charge on any atom is -0.481 e. The third kappa shape index (κ3) is 6.38. The van der Waals surface area contributed by atoms with Gasteiger partial charge in [0.15, 0.2) is 5.78 Å². The molecule has 0 spiro atoms. The van der Waals surface area contributed by atoms with E-state index in [0.717, 1.165) is 59.6 Å². The average molecular weight is 482 g/mol. The molecule has 1 fully saturated rings. The smallest absolute Gasteiger partial charge is 0.300 e. The van der Waals surface area contributed by atoms with Gasteiger partial charge in [0.2, 0.25) is 0 Å². The van der Waals surface area contributed by atoms with E-state index in [1.54, 1.807) is 23.7 Å². The van der Waals surface area contributed by atoms with E-state index in [2.05, 4.69) is 41.2 Å². The maximum absolute atomic E-state index is 12.5. The summed E-state index contributed by atoms with van der Waals surface area (Å²) >= 11 is 1.71. The van der Waals surface area contributed by atoms with E-state index in [1.807, 2.05) is 6.20 Å². The Balaban J connectivity index is 0.000000751. The van der Waals surface area contributed by atoms with Crippen molar-refractivity contribution < 1.29 is 14.7 Å². The Bertz CT molecular complexity index is 1240. The normalized spacial score (nSPS) is 17.4. The fourth-order valence-electron chi connectivity index (χ4n) is 4.16. The van der Waals surface area contributed by atoms with Crippen molar-refractivity contribution in [3.05, 3.63) is 46.9 Å². The number of nitrogens with zero attached hydrogens (tertiary/aromatic N) is 3. The highest BCUT2D eigenvalue weighted by molar-refractivity contribution is 7.18. The summed E-state index contributed by atoms with van der Waals surface area (Å²) in [6, 6.07) is 4.19. The third-order valence-electron chi connectivity index (χ3n) is 5.84. The number of carboxylic acids is 1. The Labute approximate surface area is 203 Å². The molecule has 3 aromatic rings. The summed E-state index contributed by atoms with van der Waals surface area (Å²) in [4.78, 5) is 32.1. The molecule has 0 unspecified atom stereocenters. The van der Waals surface area contributed by atoms with Gasteiger partial charge in [-0.1, -0.05) is 19.8 Å². The van der Waals surface area contributed by atoms with E-state index < -0.39 is 5.97 Å². The van der Waals surface area contributed by atoms with Gasteiger partial charge in [0.1, 0.15) is 5.82 Å². The molecule has 0 saturated heterocycles. The van der Waals surface area contributed by atoms with Gasteiger partial charge in [-0.05, 0) is 44.7 Å². The van der Waals surface area contributed by atoms with Crippen LogP contribution in [0.4, 0.5) is 5.82 Å². The molecule has 0 amide bonds. The maximum Gasteiger partial charge on any atom is 0.300 e. The lowest BCUT2D eigenvalue weighted by Gasteiger charge is -2.26. The molecule has 3 heterocycles. The number of aromatic amines is 1. The van der Waals surface area contributed by atoms with Crippen LogP contribution >= 0.6 is 11.3 Å². The topological polar surface area (TPSA) is 135 Å². The zero-order valence-corrected chi connectivity index (χ0v) is 20.8. The molecule has 4 rings (SSSR count). The van der Waals surface area contributed by atoms with E-state index in [0.29, 0.717) is 11.5 Å². The zero-order valence-electron chi connectivity index (χ0n) is 20.0. The van der Waals surface area contributed by atoms with Gasteiger partial charge in [-0.15, -0.1) is 11.3 Å². The lowest BCUT2D eigenvalue weighted by molar-refractivity contribution is -0.134. The van der Waals surface area contributed by atoms with Crippen molar-refractivity contribution in [3.63, 3.8) is 0 Å². The Morgan fingerprint density at radius 1 is 1.06 bits per heavy atom. The molecule has 34 heavy (non-hydrogen) atoms. The average Bonchev–Trinajstić information content (AvgIpc) is 3.16. The highest BCUT2D eigenvalue weighted by Crippen LogP contribution is 2.36. The number of carbonyl (C=O) groups is 2. The molecule has 9 heteroatoms. The van der Waals surface area contributed by atoms with E-state index >= 15 is 0 Å². The number of aryl methyl sites for hydroxylation is 1. The van der Waals surface area contributed by atoms with E-state index in [1.165, 1.54) is 11.8 Å². The number of thiophene rings is 1. The minimum atomic E-state index is -0.833.